The van der Waals surface area contributed by atoms with Crippen LogP contribution in [0.1, 0.15) is 32.8 Å². The van der Waals surface area contributed by atoms with Gasteiger partial charge in [-0.15, -0.1) is 0 Å². The Bertz CT molecular complexity index is 385. The molecule has 0 atom stereocenters. The van der Waals surface area contributed by atoms with Gasteiger partial charge in [0.1, 0.15) is 5.75 Å². The lowest BCUT2D eigenvalue weighted by molar-refractivity contribution is 0.257. The van der Waals surface area contributed by atoms with E-state index < -0.39 is 0 Å². The van der Waals surface area contributed by atoms with Crippen LogP contribution in [0.25, 0.3) is 0 Å². The Hall–Kier alpha value is -1.06. The Morgan fingerprint density at radius 1 is 1.20 bits per heavy atom. The van der Waals surface area contributed by atoms with Crippen LogP contribution in [0, 0.1) is 6.92 Å². The first kappa shape index (κ1) is 17.0. The molecule has 0 aliphatic rings. The third-order valence-corrected chi connectivity index (χ3v) is 3.09. The predicted octanol–water partition coefficient (Wildman–Crippen LogP) is 3.08. The minimum atomic E-state index is 0.203. The van der Waals surface area contributed by atoms with Crippen LogP contribution >= 0.6 is 0 Å². The summed E-state index contributed by atoms with van der Waals surface area (Å²) in [5.41, 5.74) is 1.45. The van der Waals surface area contributed by atoms with Crippen LogP contribution in [-0.2, 0) is 0 Å². The van der Waals surface area contributed by atoms with E-state index in [-0.39, 0.29) is 5.54 Å². The van der Waals surface area contributed by atoms with E-state index in [0.29, 0.717) is 0 Å². The first-order valence-corrected chi connectivity index (χ1v) is 7.50. The molecule has 0 unspecified atom stereocenters. The van der Waals surface area contributed by atoms with Crippen LogP contribution in [-0.4, -0.2) is 43.7 Å². The van der Waals surface area contributed by atoms with Crippen molar-refractivity contribution in [3.63, 3.8) is 0 Å². The molecule has 1 aromatic carbocycles. The summed E-state index contributed by atoms with van der Waals surface area (Å²) in [5, 5.41) is 3.50. The Balaban J connectivity index is 2.09. The highest BCUT2D eigenvalue weighted by atomic mass is 16.5. The maximum Gasteiger partial charge on any atom is 0.119 e. The van der Waals surface area contributed by atoms with Crippen molar-refractivity contribution in [2.45, 2.75) is 39.7 Å². The summed E-state index contributed by atoms with van der Waals surface area (Å²) >= 11 is 0. The molecule has 0 saturated carbocycles. The number of nitrogens with one attached hydrogen (secondary N) is 1. The molecule has 0 radical (unpaired) electrons. The van der Waals surface area contributed by atoms with Crippen molar-refractivity contribution < 1.29 is 4.74 Å². The Labute approximate surface area is 124 Å². The summed E-state index contributed by atoms with van der Waals surface area (Å²) < 4.78 is 5.75. The second kappa shape index (κ2) is 8.28. The van der Waals surface area contributed by atoms with Crippen molar-refractivity contribution in [3.8, 4) is 5.75 Å². The van der Waals surface area contributed by atoms with Crippen molar-refractivity contribution in [3.05, 3.63) is 29.8 Å². The molecule has 0 aliphatic heterocycles. The van der Waals surface area contributed by atoms with Gasteiger partial charge in [-0.2, -0.15) is 0 Å². The SMILES string of the molecule is Cc1cccc(OCCCN(C)CCNC(C)(C)C)c1. The lowest BCUT2D eigenvalue weighted by Crippen LogP contribution is -2.40. The maximum absolute atomic E-state index is 5.75. The summed E-state index contributed by atoms with van der Waals surface area (Å²) in [6.07, 6.45) is 1.06. The number of benzene rings is 1. The van der Waals surface area contributed by atoms with E-state index in [9.17, 15) is 0 Å². The van der Waals surface area contributed by atoms with Gasteiger partial charge in [-0.05, 0) is 58.9 Å². The molecule has 0 saturated heterocycles. The van der Waals surface area contributed by atoms with Crippen molar-refractivity contribution >= 4 is 0 Å². The number of hydrogen-bond donors (Lipinski definition) is 1. The topological polar surface area (TPSA) is 24.5 Å². The number of likely N-dealkylation sites (N-methyl/N-ethyl adjacent to an activating group) is 1. The van der Waals surface area contributed by atoms with Crippen LogP contribution in [0.3, 0.4) is 0 Å². The minimum absolute atomic E-state index is 0.203. The average molecular weight is 278 g/mol. The van der Waals surface area contributed by atoms with E-state index in [1.165, 1.54) is 5.56 Å². The van der Waals surface area contributed by atoms with Crippen LogP contribution in [0.2, 0.25) is 0 Å². The van der Waals surface area contributed by atoms with Gasteiger partial charge >= 0.3 is 0 Å². The fourth-order valence-electron chi connectivity index (χ4n) is 1.96. The fraction of sp³-hybridized carbons (Fsp3) is 0.647. The molecule has 1 rings (SSSR count). The molecule has 0 bridgehead atoms. The second-order valence-corrected chi connectivity index (χ2v) is 6.50. The number of nitrogens with zero attached hydrogens (tertiary/aromatic N) is 1. The van der Waals surface area contributed by atoms with Gasteiger partial charge in [-0.3, -0.25) is 0 Å². The molecule has 3 nitrogen and oxygen atoms in total. The minimum Gasteiger partial charge on any atom is -0.494 e. The average Bonchev–Trinajstić information content (AvgIpc) is 2.33. The Kier molecular flexibility index (Phi) is 7.03. The molecular weight excluding hydrogens is 248 g/mol. The first-order valence-electron chi connectivity index (χ1n) is 7.50. The molecule has 0 aromatic heterocycles. The molecular formula is C17H30N2O. The van der Waals surface area contributed by atoms with E-state index >= 15 is 0 Å². The monoisotopic (exact) mass is 278 g/mol. The molecule has 1 aromatic rings. The standard InChI is InChI=1S/C17H30N2O/c1-15-8-6-9-16(14-15)20-13-7-11-19(5)12-10-18-17(2,3)4/h6,8-9,14,18H,7,10-13H2,1-5H3. The number of ether oxygens (including phenoxy) is 1. The van der Waals surface area contributed by atoms with Gasteiger partial charge < -0.3 is 15.0 Å². The zero-order chi connectivity index (χ0) is 15.0. The van der Waals surface area contributed by atoms with Gasteiger partial charge in [0.15, 0.2) is 0 Å². The van der Waals surface area contributed by atoms with Gasteiger partial charge in [-0.1, -0.05) is 12.1 Å². The van der Waals surface area contributed by atoms with Gasteiger partial charge in [-0.25, -0.2) is 0 Å². The third kappa shape index (κ3) is 8.18. The highest BCUT2D eigenvalue weighted by molar-refractivity contribution is 5.27. The zero-order valence-electron chi connectivity index (χ0n) is 13.7. The van der Waals surface area contributed by atoms with E-state index in [1.54, 1.807) is 0 Å². The van der Waals surface area contributed by atoms with Gasteiger partial charge in [0.05, 0.1) is 6.61 Å². The molecule has 0 amide bonds. The molecule has 0 heterocycles. The Morgan fingerprint density at radius 2 is 1.95 bits per heavy atom. The maximum atomic E-state index is 5.75. The lowest BCUT2D eigenvalue weighted by atomic mass is 10.1. The van der Waals surface area contributed by atoms with Crippen molar-refractivity contribution in [1.82, 2.24) is 10.2 Å². The molecule has 0 aliphatic carbocycles. The predicted molar refractivity (Wildman–Crippen MR) is 86.5 cm³/mol. The highest BCUT2D eigenvalue weighted by Crippen LogP contribution is 2.12. The second-order valence-electron chi connectivity index (χ2n) is 6.50. The lowest BCUT2D eigenvalue weighted by Gasteiger charge is -2.23. The quantitative estimate of drug-likeness (QED) is 0.740. The van der Waals surface area contributed by atoms with Crippen molar-refractivity contribution in [1.29, 1.82) is 0 Å². The normalized spacial score (nSPS) is 11.9. The van der Waals surface area contributed by atoms with Crippen LogP contribution < -0.4 is 10.1 Å². The molecule has 3 heteroatoms. The van der Waals surface area contributed by atoms with Crippen molar-refractivity contribution in [2.24, 2.45) is 0 Å². The summed E-state index contributed by atoms with van der Waals surface area (Å²) in [6.45, 7) is 12.6. The van der Waals surface area contributed by atoms with E-state index in [1.807, 2.05) is 12.1 Å². The summed E-state index contributed by atoms with van der Waals surface area (Å²) in [7, 11) is 2.16. The van der Waals surface area contributed by atoms with Crippen LogP contribution in [0.15, 0.2) is 24.3 Å². The van der Waals surface area contributed by atoms with Crippen LogP contribution in [0.4, 0.5) is 0 Å². The molecule has 1 N–H and O–H groups in total. The number of rotatable bonds is 8. The van der Waals surface area contributed by atoms with E-state index in [0.717, 1.165) is 38.4 Å². The fourth-order valence-corrected chi connectivity index (χ4v) is 1.96. The molecule has 20 heavy (non-hydrogen) atoms. The smallest absolute Gasteiger partial charge is 0.119 e. The first-order chi connectivity index (χ1) is 9.37. The molecule has 0 fully saturated rings. The number of aryl methyl sites for hydroxylation is 1. The molecule has 0 spiro atoms. The summed E-state index contributed by atoms with van der Waals surface area (Å²) in [5.74, 6) is 0.974. The van der Waals surface area contributed by atoms with Gasteiger partial charge in [0.25, 0.3) is 0 Å². The largest absolute Gasteiger partial charge is 0.494 e. The Morgan fingerprint density at radius 3 is 2.60 bits per heavy atom. The third-order valence-electron chi connectivity index (χ3n) is 3.09. The number of hydrogen-bond acceptors (Lipinski definition) is 3. The van der Waals surface area contributed by atoms with Gasteiger partial charge in [0, 0.05) is 25.2 Å². The van der Waals surface area contributed by atoms with Gasteiger partial charge in [0.2, 0.25) is 0 Å². The van der Waals surface area contributed by atoms with E-state index in [2.05, 4.69) is 57.1 Å². The summed E-state index contributed by atoms with van der Waals surface area (Å²) in [6, 6.07) is 8.22. The van der Waals surface area contributed by atoms with E-state index in [4.69, 9.17) is 4.74 Å². The van der Waals surface area contributed by atoms with Crippen LogP contribution in [0.5, 0.6) is 5.75 Å². The zero-order valence-corrected chi connectivity index (χ0v) is 13.7. The highest BCUT2D eigenvalue weighted by Gasteiger charge is 2.08. The van der Waals surface area contributed by atoms with Crippen molar-refractivity contribution in [2.75, 3.05) is 33.3 Å². The summed E-state index contributed by atoms with van der Waals surface area (Å²) in [4.78, 5) is 2.35. The molecule has 114 valence electrons.